The maximum absolute atomic E-state index is 14.9. The molecule has 1 saturated heterocycles. The van der Waals surface area contributed by atoms with Crippen molar-refractivity contribution in [3.63, 3.8) is 0 Å². The molecule has 40 heavy (non-hydrogen) atoms. The van der Waals surface area contributed by atoms with Crippen molar-refractivity contribution in [1.29, 1.82) is 0 Å². The van der Waals surface area contributed by atoms with Crippen molar-refractivity contribution in [2.45, 2.75) is 44.2 Å². The Hall–Kier alpha value is -3.49. The predicted molar refractivity (Wildman–Crippen MR) is 159 cm³/mol. The van der Waals surface area contributed by atoms with Gasteiger partial charge in [-0.2, -0.15) is 0 Å². The van der Waals surface area contributed by atoms with Gasteiger partial charge in [-0.25, -0.2) is 12.8 Å². The molecule has 8 heteroatoms. The number of pyridine rings is 1. The number of halogens is 1. The van der Waals surface area contributed by atoms with E-state index in [0.29, 0.717) is 22.0 Å². The minimum absolute atomic E-state index is 0.106. The fourth-order valence-electron chi connectivity index (χ4n) is 5.08. The molecule has 0 radical (unpaired) electrons. The Kier molecular flexibility index (Phi) is 8.10. The third kappa shape index (κ3) is 6.62. The normalized spacial score (nSPS) is 16.1. The fourth-order valence-corrected chi connectivity index (χ4v) is 5.71. The molecule has 1 saturated carbocycles. The van der Waals surface area contributed by atoms with Gasteiger partial charge >= 0.3 is 0 Å². The van der Waals surface area contributed by atoms with Gasteiger partial charge in [-0.05, 0) is 56.5 Å². The second kappa shape index (κ2) is 11.6. The average Bonchev–Trinajstić information content (AvgIpc) is 3.76. The molecule has 1 aliphatic carbocycles. The monoisotopic (exact) mass is 561 g/mol. The van der Waals surface area contributed by atoms with Crippen molar-refractivity contribution < 1.29 is 12.8 Å². The van der Waals surface area contributed by atoms with Crippen LogP contribution in [0, 0.1) is 19.7 Å². The molecule has 6 rings (SSSR count). The summed E-state index contributed by atoms with van der Waals surface area (Å²) >= 11 is 0. The number of sulfone groups is 1. The molecular weight excluding hydrogens is 525 g/mol. The van der Waals surface area contributed by atoms with E-state index in [1.165, 1.54) is 23.4 Å². The molecule has 0 atom stereocenters. The lowest BCUT2D eigenvalue weighted by atomic mass is 10.1. The average molecular weight is 562 g/mol. The molecule has 2 fully saturated rings. The Bertz CT molecular complexity index is 1650. The van der Waals surface area contributed by atoms with Gasteiger partial charge in [0.15, 0.2) is 15.3 Å². The molecule has 0 unspecified atom stereocenters. The van der Waals surface area contributed by atoms with Crippen LogP contribution in [0.4, 0.5) is 10.1 Å². The van der Waals surface area contributed by atoms with E-state index in [4.69, 9.17) is 0 Å². The fraction of sp³-hybridized carbons (Fsp3) is 0.344. The van der Waals surface area contributed by atoms with Crippen LogP contribution in [0.2, 0.25) is 0 Å². The highest BCUT2D eigenvalue weighted by Gasteiger charge is 2.26. The van der Waals surface area contributed by atoms with Gasteiger partial charge in [0.1, 0.15) is 5.82 Å². The van der Waals surface area contributed by atoms with Crippen LogP contribution in [0.25, 0.3) is 10.9 Å². The Morgan fingerprint density at radius 1 is 0.850 bits per heavy atom. The minimum Gasteiger partial charge on any atom is -0.367 e. The number of hydrogen-bond donors (Lipinski definition) is 0. The lowest BCUT2D eigenvalue weighted by Crippen LogP contribution is -2.46. The number of anilines is 1. The molecule has 0 N–H and O–H groups in total. The van der Waals surface area contributed by atoms with Crippen LogP contribution in [0.3, 0.4) is 0 Å². The molecule has 2 heterocycles. The van der Waals surface area contributed by atoms with Crippen molar-refractivity contribution in [1.82, 2.24) is 9.47 Å². The van der Waals surface area contributed by atoms with E-state index in [1.54, 1.807) is 30.3 Å². The Morgan fingerprint density at radius 3 is 2.02 bits per heavy atom. The van der Waals surface area contributed by atoms with E-state index in [9.17, 15) is 17.6 Å². The van der Waals surface area contributed by atoms with Crippen molar-refractivity contribution in [2.75, 3.05) is 37.3 Å². The van der Waals surface area contributed by atoms with Crippen LogP contribution < -0.4 is 10.3 Å². The summed E-state index contributed by atoms with van der Waals surface area (Å²) in [6.45, 7) is 8.32. The Labute approximate surface area is 235 Å². The predicted octanol–water partition coefficient (Wildman–Crippen LogP) is 5.50. The second-order valence-electron chi connectivity index (χ2n) is 11.0. The highest BCUT2D eigenvalue weighted by Crippen LogP contribution is 2.37. The van der Waals surface area contributed by atoms with Gasteiger partial charge in [-0.3, -0.25) is 9.69 Å². The topological polar surface area (TPSA) is 62.6 Å². The van der Waals surface area contributed by atoms with Gasteiger partial charge in [0.05, 0.1) is 16.1 Å². The van der Waals surface area contributed by atoms with E-state index in [2.05, 4.69) is 45.6 Å². The first-order chi connectivity index (χ1) is 19.1. The van der Waals surface area contributed by atoms with Crippen molar-refractivity contribution in [2.24, 2.45) is 0 Å². The second-order valence-corrected chi connectivity index (χ2v) is 13.0. The van der Waals surface area contributed by atoms with E-state index in [1.807, 2.05) is 19.2 Å². The molecule has 3 aromatic carbocycles. The molecule has 4 aromatic rings. The number of benzene rings is 3. The summed E-state index contributed by atoms with van der Waals surface area (Å²) in [6, 6.07) is 20.8. The molecule has 0 spiro atoms. The van der Waals surface area contributed by atoms with Crippen LogP contribution in [0.5, 0.6) is 0 Å². The Morgan fingerprint density at radius 2 is 1.45 bits per heavy atom. The smallest absolute Gasteiger partial charge is 0.189 e. The zero-order valence-corrected chi connectivity index (χ0v) is 24.1. The standard InChI is InChI=1S/C24H26FN3O.C8H10O2S/c1-17-2-4-18(5-3-17)16-26-10-12-27(13-11-26)23-15-22-20(14-21(23)25)24(29)8-9-28(22)19-6-7-19;1-7-3-5-8(6-4-7)11(2,9)10/h2-5,8-9,14-15,19H,6-7,10-13,16H2,1H3;3-6H,1-2H3. The zero-order valence-electron chi connectivity index (χ0n) is 23.3. The van der Waals surface area contributed by atoms with Gasteiger partial charge in [0, 0.05) is 62.7 Å². The summed E-state index contributed by atoms with van der Waals surface area (Å²) in [5.74, 6) is -0.296. The maximum atomic E-state index is 14.9. The number of hydrogen-bond acceptors (Lipinski definition) is 5. The van der Waals surface area contributed by atoms with Crippen molar-refractivity contribution in [3.05, 3.63) is 106 Å². The van der Waals surface area contributed by atoms with Crippen LogP contribution in [0.15, 0.2) is 82.6 Å². The summed E-state index contributed by atoms with van der Waals surface area (Å²) < 4.78 is 38.9. The lowest BCUT2D eigenvalue weighted by Gasteiger charge is -2.36. The van der Waals surface area contributed by atoms with Crippen molar-refractivity contribution >= 4 is 26.4 Å². The largest absolute Gasteiger partial charge is 0.367 e. The van der Waals surface area contributed by atoms with Crippen LogP contribution >= 0.6 is 0 Å². The van der Waals surface area contributed by atoms with Gasteiger partial charge in [-0.15, -0.1) is 0 Å². The minimum atomic E-state index is -3.02. The molecule has 0 amide bonds. The molecule has 6 nitrogen and oxygen atoms in total. The first kappa shape index (κ1) is 28.1. The number of piperazine rings is 1. The maximum Gasteiger partial charge on any atom is 0.189 e. The third-order valence-electron chi connectivity index (χ3n) is 7.62. The molecule has 1 aliphatic heterocycles. The summed E-state index contributed by atoms with van der Waals surface area (Å²) in [7, 11) is -3.02. The number of fused-ring (bicyclic) bond motifs is 1. The molecule has 210 valence electrons. The van der Waals surface area contributed by atoms with Gasteiger partial charge in [-0.1, -0.05) is 47.5 Å². The molecule has 0 bridgehead atoms. The van der Waals surface area contributed by atoms with Crippen LogP contribution in [-0.4, -0.2) is 50.3 Å². The highest BCUT2D eigenvalue weighted by atomic mass is 32.2. The summed E-state index contributed by atoms with van der Waals surface area (Å²) in [5.41, 5.74) is 5.03. The Balaban J connectivity index is 0.000000248. The van der Waals surface area contributed by atoms with E-state index >= 15 is 0 Å². The lowest BCUT2D eigenvalue weighted by molar-refractivity contribution is 0.249. The van der Waals surface area contributed by atoms with E-state index < -0.39 is 9.84 Å². The van der Waals surface area contributed by atoms with Gasteiger partial charge in [0.25, 0.3) is 0 Å². The van der Waals surface area contributed by atoms with Crippen LogP contribution in [-0.2, 0) is 16.4 Å². The van der Waals surface area contributed by atoms with Crippen molar-refractivity contribution in [3.8, 4) is 0 Å². The SMILES string of the molecule is Cc1ccc(CN2CCN(c3cc4c(cc3F)c(=O)ccn4C3CC3)CC2)cc1.Cc1ccc(S(C)(=O)=O)cc1. The van der Waals surface area contributed by atoms with Gasteiger partial charge in [0.2, 0.25) is 0 Å². The summed E-state index contributed by atoms with van der Waals surface area (Å²) in [4.78, 5) is 17.2. The van der Waals surface area contributed by atoms with E-state index in [-0.39, 0.29) is 11.2 Å². The number of aryl methyl sites for hydroxylation is 2. The number of aromatic nitrogens is 1. The number of nitrogens with zero attached hydrogens (tertiary/aromatic N) is 3. The molecular formula is C32H36FN3O3S. The molecule has 1 aromatic heterocycles. The summed E-state index contributed by atoms with van der Waals surface area (Å²) in [6.07, 6.45) is 5.33. The third-order valence-corrected chi connectivity index (χ3v) is 8.75. The number of rotatable bonds is 5. The summed E-state index contributed by atoms with van der Waals surface area (Å²) in [5, 5.41) is 0.485. The zero-order chi connectivity index (χ0) is 28.4. The molecule has 2 aliphatic rings. The first-order valence-electron chi connectivity index (χ1n) is 13.7. The van der Waals surface area contributed by atoms with Gasteiger partial charge < -0.3 is 9.47 Å². The van der Waals surface area contributed by atoms with E-state index in [0.717, 1.165) is 56.6 Å². The first-order valence-corrected chi connectivity index (χ1v) is 15.6. The highest BCUT2D eigenvalue weighted by molar-refractivity contribution is 7.90. The van der Waals surface area contributed by atoms with Crippen LogP contribution in [0.1, 0.15) is 35.6 Å². The quantitative estimate of drug-likeness (QED) is 0.322.